The van der Waals surface area contributed by atoms with Crippen LogP contribution in [0.15, 0.2) is 4.47 Å². The first-order valence-corrected chi connectivity index (χ1v) is 7.83. The highest BCUT2D eigenvalue weighted by atomic mass is 79.9. The predicted molar refractivity (Wildman–Crippen MR) is 70.0 cm³/mol. The minimum atomic E-state index is -3.75. The Balaban J connectivity index is 3.13. The summed E-state index contributed by atoms with van der Waals surface area (Å²) in [5.74, 6) is -1.65. The predicted octanol–water partition coefficient (Wildman–Crippen LogP) is 1.27. The lowest BCUT2D eigenvalue weighted by Gasteiger charge is -2.11. The van der Waals surface area contributed by atoms with Crippen molar-refractivity contribution in [1.29, 1.82) is 0 Å². The van der Waals surface area contributed by atoms with Gasteiger partial charge in [-0.2, -0.15) is 5.10 Å². The van der Waals surface area contributed by atoms with E-state index in [0.29, 0.717) is 15.9 Å². The van der Waals surface area contributed by atoms with E-state index < -0.39 is 21.1 Å². The second kappa shape index (κ2) is 5.40. The van der Waals surface area contributed by atoms with Gasteiger partial charge in [-0.25, -0.2) is 8.42 Å². The molecule has 0 saturated carbocycles. The zero-order valence-electron chi connectivity index (χ0n) is 10.3. The zero-order chi connectivity index (χ0) is 14.1. The van der Waals surface area contributed by atoms with Crippen molar-refractivity contribution < 1.29 is 18.3 Å². The van der Waals surface area contributed by atoms with Gasteiger partial charge in [0, 0.05) is 7.05 Å². The molecule has 0 aromatic carbocycles. The van der Waals surface area contributed by atoms with Crippen LogP contribution in [0.4, 0.5) is 0 Å². The second-order valence-corrected chi connectivity index (χ2v) is 6.99. The fourth-order valence-electron chi connectivity index (χ4n) is 1.71. The number of halogens is 1. The van der Waals surface area contributed by atoms with E-state index in [1.807, 2.05) is 0 Å². The van der Waals surface area contributed by atoms with Gasteiger partial charge in [0.05, 0.1) is 21.6 Å². The summed E-state index contributed by atoms with van der Waals surface area (Å²) in [7, 11) is -2.12. The number of nitrogens with zero attached hydrogens (tertiary/aromatic N) is 2. The first-order valence-electron chi connectivity index (χ1n) is 5.33. The van der Waals surface area contributed by atoms with Crippen molar-refractivity contribution in [2.45, 2.75) is 31.3 Å². The normalized spacial score (nSPS) is 13.6. The topological polar surface area (TPSA) is 89.3 Å². The highest BCUT2D eigenvalue weighted by Crippen LogP contribution is 2.24. The Morgan fingerprint density at radius 3 is 2.44 bits per heavy atom. The Hall–Kier alpha value is -0.890. The summed E-state index contributed by atoms with van der Waals surface area (Å²) in [6.45, 7) is 3.29. The number of hydrogen-bond acceptors (Lipinski definition) is 4. The Kier molecular flexibility index (Phi) is 4.55. The zero-order valence-corrected chi connectivity index (χ0v) is 12.7. The monoisotopic (exact) mass is 338 g/mol. The number of aliphatic carboxylic acids is 1. The van der Waals surface area contributed by atoms with Crippen LogP contribution in [0.25, 0.3) is 0 Å². The molecule has 0 aliphatic carbocycles. The highest BCUT2D eigenvalue weighted by Gasteiger charge is 2.32. The Morgan fingerprint density at radius 2 is 2.11 bits per heavy atom. The third-order valence-corrected chi connectivity index (χ3v) is 5.79. The molecular weight excluding hydrogens is 324 g/mol. The lowest BCUT2D eigenvalue weighted by molar-refractivity contribution is -0.136. The summed E-state index contributed by atoms with van der Waals surface area (Å²) < 4.78 is 26.1. The van der Waals surface area contributed by atoms with Crippen molar-refractivity contribution in [3.8, 4) is 0 Å². The maximum atomic E-state index is 12.0. The Bertz CT molecular complexity index is 565. The van der Waals surface area contributed by atoms with Crippen LogP contribution in [0.2, 0.25) is 0 Å². The molecule has 102 valence electrons. The summed E-state index contributed by atoms with van der Waals surface area (Å²) in [4.78, 5) is 10.9. The van der Waals surface area contributed by atoms with Crippen molar-refractivity contribution in [2.24, 2.45) is 7.05 Å². The third-order valence-electron chi connectivity index (χ3n) is 2.68. The molecule has 1 rings (SSSR count). The molecule has 1 heterocycles. The number of rotatable bonds is 5. The molecule has 0 spiro atoms. The molecule has 1 aromatic heterocycles. The van der Waals surface area contributed by atoms with Gasteiger partial charge in [0.15, 0.2) is 15.1 Å². The van der Waals surface area contributed by atoms with Crippen LogP contribution in [-0.4, -0.2) is 34.5 Å². The molecule has 1 atom stereocenters. The molecule has 0 bridgehead atoms. The molecule has 18 heavy (non-hydrogen) atoms. The number of aryl methyl sites for hydroxylation is 2. The van der Waals surface area contributed by atoms with E-state index >= 15 is 0 Å². The molecular formula is C10H15BrN2O4S. The molecule has 0 aliphatic heterocycles. The molecule has 0 fully saturated rings. The van der Waals surface area contributed by atoms with Crippen LogP contribution in [0.3, 0.4) is 0 Å². The van der Waals surface area contributed by atoms with Gasteiger partial charge in [0.1, 0.15) is 0 Å². The molecule has 8 heteroatoms. The minimum Gasteiger partial charge on any atom is -0.480 e. The van der Waals surface area contributed by atoms with Crippen LogP contribution in [0, 0.1) is 6.92 Å². The van der Waals surface area contributed by atoms with Crippen LogP contribution < -0.4 is 0 Å². The van der Waals surface area contributed by atoms with E-state index in [0.717, 1.165) is 0 Å². The standard InChI is InChI=1S/C10H15BrN2O4S/c1-4-8(10(14)15)18(16,17)5-7-9(11)6(2)12-13(7)3/h8H,4-5H2,1-3H3,(H,14,15). The molecule has 1 aromatic rings. The van der Waals surface area contributed by atoms with E-state index in [2.05, 4.69) is 21.0 Å². The smallest absolute Gasteiger partial charge is 0.321 e. The number of carboxylic acid groups (broad SMARTS) is 1. The number of sulfone groups is 1. The van der Waals surface area contributed by atoms with Crippen molar-refractivity contribution >= 4 is 31.7 Å². The molecule has 0 amide bonds. The van der Waals surface area contributed by atoms with Gasteiger partial charge in [-0.15, -0.1) is 0 Å². The summed E-state index contributed by atoms with van der Waals surface area (Å²) in [5, 5.41) is 11.6. The molecule has 1 unspecified atom stereocenters. The molecule has 6 nitrogen and oxygen atoms in total. The summed E-state index contributed by atoms with van der Waals surface area (Å²) >= 11 is 3.27. The largest absolute Gasteiger partial charge is 0.480 e. The number of hydrogen-bond donors (Lipinski definition) is 1. The van der Waals surface area contributed by atoms with Crippen LogP contribution in [0.1, 0.15) is 24.7 Å². The minimum absolute atomic E-state index is 0.0477. The lowest BCUT2D eigenvalue weighted by Crippen LogP contribution is -2.31. The molecule has 1 N–H and O–H groups in total. The molecule has 0 aliphatic rings. The van der Waals surface area contributed by atoms with E-state index in [1.54, 1.807) is 20.9 Å². The summed E-state index contributed by atoms with van der Waals surface area (Å²) in [6.07, 6.45) is 0.0477. The average molecular weight is 339 g/mol. The van der Waals surface area contributed by atoms with E-state index in [1.165, 1.54) is 4.68 Å². The van der Waals surface area contributed by atoms with Crippen LogP contribution in [-0.2, 0) is 27.4 Å². The van der Waals surface area contributed by atoms with Crippen molar-refractivity contribution in [3.05, 3.63) is 15.9 Å². The average Bonchev–Trinajstić information content (AvgIpc) is 2.44. The number of aromatic nitrogens is 2. The molecule has 0 saturated heterocycles. The maximum absolute atomic E-state index is 12.0. The maximum Gasteiger partial charge on any atom is 0.321 e. The van der Waals surface area contributed by atoms with Gasteiger partial charge in [0.2, 0.25) is 0 Å². The van der Waals surface area contributed by atoms with Gasteiger partial charge in [-0.05, 0) is 29.3 Å². The van der Waals surface area contributed by atoms with Gasteiger partial charge in [0.25, 0.3) is 0 Å². The quantitative estimate of drug-likeness (QED) is 0.873. The third kappa shape index (κ3) is 2.92. The van der Waals surface area contributed by atoms with Gasteiger partial charge >= 0.3 is 5.97 Å². The van der Waals surface area contributed by atoms with Crippen LogP contribution >= 0.6 is 15.9 Å². The summed E-state index contributed by atoms with van der Waals surface area (Å²) in [5.41, 5.74) is 1.14. The van der Waals surface area contributed by atoms with Crippen molar-refractivity contribution in [3.63, 3.8) is 0 Å². The van der Waals surface area contributed by atoms with Crippen molar-refractivity contribution in [1.82, 2.24) is 9.78 Å². The first-order chi connectivity index (χ1) is 8.20. The summed E-state index contributed by atoms with van der Waals surface area (Å²) in [6, 6.07) is 0. The van der Waals surface area contributed by atoms with Gasteiger partial charge in [-0.1, -0.05) is 6.92 Å². The lowest BCUT2D eigenvalue weighted by atomic mass is 10.3. The van der Waals surface area contributed by atoms with Crippen LogP contribution in [0.5, 0.6) is 0 Å². The fraction of sp³-hybridized carbons (Fsp3) is 0.600. The van der Waals surface area contributed by atoms with E-state index in [-0.39, 0.29) is 12.2 Å². The second-order valence-electron chi connectivity index (χ2n) is 4.01. The Labute approximate surface area is 114 Å². The van der Waals surface area contributed by atoms with Gasteiger partial charge in [-0.3, -0.25) is 9.48 Å². The Morgan fingerprint density at radius 1 is 1.56 bits per heavy atom. The fourth-order valence-corrected chi connectivity index (χ4v) is 4.10. The van der Waals surface area contributed by atoms with Crippen molar-refractivity contribution in [2.75, 3.05) is 0 Å². The number of carboxylic acids is 1. The first kappa shape index (κ1) is 15.2. The SMILES string of the molecule is CCC(C(=O)O)S(=O)(=O)Cc1c(Br)c(C)nn1C. The van der Waals surface area contributed by atoms with Gasteiger partial charge < -0.3 is 5.11 Å². The van der Waals surface area contributed by atoms with E-state index in [4.69, 9.17) is 5.11 Å². The molecule has 0 radical (unpaired) electrons. The highest BCUT2D eigenvalue weighted by molar-refractivity contribution is 9.10. The van der Waals surface area contributed by atoms with E-state index in [9.17, 15) is 13.2 Å². The number of carbonyl (C=O) groups is 1.